The van der Waals surface area contributed by atoms with Crippen molar-refractivity contribution in [3.63, 3.8) is 0 Å². The van der Waals surface area contributed by atoms with E-state index in [-0.39, 0.29) is 11.9 Å². The molecule has 0 saturated carbocycles. The minimum absolute atomic E-state index is 0.0409. The molecule has 0 aliphatic carbocycles. The molecular formula is C16H19FN2O. The number of hydrogen-bond acceptors (Lipinski definition) is 3. The highest BCUT2D eigenvalue weighted by Crippen LogP contribution is 2.22. The van der Waals surface area contributed by atoms with Crippen LogP contribution in [-0.4, -0.2) is 6.61 Å². The molecule has 0 amide bonds. The van der Waals surface area contributed by atoms with E-state index in [4.69, 9.17) is 10.6 Å². The van der Waals surface area contributed by atoms with E-state index in [9.17, 15) is 4.39 Å². The number of hydrazine groups is 1. The molecule has 0 aliphatic rings. The Morgan fingerprint density at radius 2 is 1.95 bits per heavy atom. The van der Waals surface area contributed by atoms with Crippen LogP contribution in [0.4, 0.5) is 4.39 Å². The summed E-state index contributed by atoms with van der Waals surface area (Å²) in [6, 6.07) is 14.2. The van der Waals surface area contributed by atoms with E-state index in [1.165, 1.54) is 12.1 Å². The topological polar surface area (TPSA) is 47.3 Å². The molecule has 20 heavy (non-hydrogen) atoms. The second kappa shape index (κ2) is 7.03. The summed E-state index contributed by atoms with van der Waals surface area (Å²) in [4.78, 5) is 0. The van der Waals surface area contributed by atoms with Gasteiger partial charge in [0, 0.05) is 0 Å². The molecule has 0 aliphatic heterocycles. The zero-order valence-electron chi connectivity index (χ0n) is 11.5. The number of benzene rings is 2. The lowest BCUT2D eigenvalue weighted by atomic mass is 9.99. The number of rotatable bonds is 6. The Morgan fingerprint density at radius 1 is 1.20 bits per heavy atom. The molecule has 0 fully saturated rings. The van der Waals surface area contributed by atoms with Crippen LogP contribution < -0.4 is 16.0 Å². The monoisotopic (exact) mass is 274 g/mol. The minimum Gasteiger partial charge on any atom is -0.494 e. The molecule has 1 unspecified atom stereocenters. The molecule has 2 aromatic carbocycles. The van der Waals surface area contributed by atoms with Gasteiger partial charge >= 0.3 is 0 Å². The van der Waals surface area contributed by atoms with Gasteiger partial charge in [0.2, 0.25) is 0 Å². The molecule has 0 radical (unpaired) electrons. The Bertz CT molecular complexity index is 542. The van der Waals surface area contributed by atoms with Gasteiger partial charge in [0.15, 0.2) is 0 Å². The Morgan fingerprint density at radius 3 is 2.60 bits per heavy atom. The van der Waals surface area contributed by atoms with Crippen molar-refractivity contribution in [1.82, 2.24) is 5.43 Å². The van der Waals surface area contributed by atoms with Crippen molar-refractivity contribution in [2.24, 2.45) is 5.84 Å². The van der Waals surface area contributed by atoms with Crippen molar-refractivity contribution in [2.75, 3.05) is 6.61 Å². The van der Waals surface area contributed by atoms with Crippen LogP contribution >= 0.6 is 0 Å². The Labute approximate surface area is 118 Å². The van der Waals surface area contributed by atoms with Crippen LogP contribution in [0.3, 0.4) is 0 Å². The Hall–Kier alpha value is -1.91. The Balaban J connectivity index is 2.15. The molecule has 3 N–H and O–H groups in total. The first-order chi connectivity index (χ1) is 9.72. The average molecular weight is 274 g/mol. The molecule has 2 aromatic rings. The van der Waals surface area contributed by atoms with E-state index in [0.29, 0.717) is 13.0 Å². The minimum atomic E-state index is -0.232. The maximum atomic E-state index is 12.9. The van der Waals surface area contributed by atoms with Gasteiger partial charge in [-0.25, -0.2) is 4.39 Å². The normalized spacial score (nSPS) is 12.2. The third-order valence-electron chi connectivity index (χ3n) is 3.13. The van der Waals surface area contributed by atoms with Gasteiger partial charge in [0.25, 0.3) is 0 Å². The van der Waals surface area contributed by atoms with E-state index in [2.05, 4.69) is 5.43 Å². The van der Waals surface area contributed by atoms with Gasteiger partial charge in [-0.1, -0.05) is 24.3 Å². The first kappa shape index (κ1) is 14.5. The SMILES string of the molecule is CCOc1cccc(C(Cc2ccc(F)cc2)NN)c1. The van der Waals surface area contributed by atoms with Gasteiger partial charge in [0.1, 0.15) is 11.6 Å². The number of halogens is 1. The third kappa shape index (κ3) is 3.79. The van der Waals surface area contributed by atoms with E-state index in [1.54, 1.807) is 12.1 Å². The van der Waals surface area contributed by atoms with Crippen LogP contribution in [-0.2, 0) is 6.42 Å². The summed E-state index contributed by atoms with van der Waals surface area (Å²) in [5.41, 5.74) is 4.87. The van der Waals surface area contributed by atoms with E-state index in [1.807, 2.05) is 31.2 Å². The molecule has 4 heteroatoms. The molecule has 0 bridgehead atoms. The molecule has 1 atom stereocenters. The summed E-state index contributed by atoms with van der Waals surface area (Å²) in [7, 11) is 0. The molecule has 0 aromatic heterocycles. The van der Waals surface area contributed by atoms with Gasteiger partial charge < -0.3 is 4.74 Å². The zero-order valence-corrected chi connectivity index (χ0v) is 11.5. The van der Waals surface area contributed by atoms with Crippen LogP contribution in [0.25, 0.3) is 0 Å². The van der Waals surface area contributed by atoms with E-state index in [0.717, 1.165) is 16.9 Å². The summed E-state index contributed by atoms with van der Waals surface area (Å²) in [5.74, 6) is 6.23. The first-order valence-electron chi connectivity index (χ1n) is 6.66. The van der Waals surface area contributed by atoms with Crippen LogP contribution in [0.2, 0.25) is 0 Å². The first-order valence-corrected chi connectivity index (χ1v) is 6.66. The summed E-state index contributed by atoms with van der Waals surface area (Å²) in [6.45, 7) is 2.58. The lowest BCUT2D eigenvalue weighted by Gasteiger charge is -2.17. The van der Waals surface area contributed by atoms with Gasteiger partial charge in [-0.05, 0) is 48.7 Å². The molecule has 0 heterocycles. The maximum absolute atomic E-state index is 12.9. The Kier molecular flexibility index (Phi) is 5.09. The summed E-state index contributed by atoms with van der Waals surface area (Å²) in [5, 5.41) is 0. The molecular weight excluding hydrogens is 255 g/mol. The number of hydrogen-bond donors (Lipinski definition) is 2. The van der Waals surface area contributed by atoms with Gasteiger partial charge in [-0.2, -0.15) is 0 Å². The quantitative estimate of drug-likeness (QED) is 0.629. The number of nitrogens with one attached hydrogen (secondary N) is 1. The van der Waals surface area contributed by atoms with Crippen LogP contribution in [0.5, 0.6) is 5.75 Å². The molecule has 0 spiro atoms. The van der Waals surface area contributed by atoms with E-state index >= 15 is 0 Å². The largest absolute Gasteiger partial charge is 0.494 e. The van der Waals surface area contributed by atoms with Crippen molar-refractivity contribution in [3.8, 4) is 5.75 Å². The second-order valence-electron chi connectivity index (χ2n) is 4.56. The van der Waals surface area contributed by atoms with Crippen molar-refractivity contribution >= 4 is 0 Å². The smallest absolute Gasteiger partial charge is 0.123 e. The summed E-state index contributed by atoms with van der Waals surface area (Å²) in [6.07, 6.45) is 0.687. The molecule has 2 rings (SSSR count). The number of nitrogens with two attached hydrogens (primary N) is 1. The predicted molar refractivity (Wildman–Crippen MR) is 77.8 cm³/mol. The zero-order chi connectivity index (χ0) is 14.4. The lowest BCUT2D eigenvalue weighted by molar-refractivity contribution is 0.339. The van der Waals surface area contributed by atoms with Gasteiger partial charge in [-0.15, -0.1) is 0 Å². The van der Waals surface area contributed by atoms with E-state index < -0.39 is 0 Å². The highest BCUT2D eigenvalue weighted by Gasteiger charge is 2.11. The van der Waals surface area contributed by atoms with Crippen LogP contribution in [0.15, 0.2) is 48.5 Å². The van der Waals surface area contributed by atoms with Crippen molar-refractivity contribution in [3.05, 3.63) is 65.5 Å². The highest BCUT2D eigenvalue weighted by atomic mass is 19.1. The van der Waals surface area contributed by atoms with Crippen molar-refractivity contribution in [2.45, 2.75) is 19.4 Å². The standard InChI is InChI=1S/C16H19FN2O/c1-2-20-15-5-3-4-13(11-15)16(19-18)10-12-6-8-14(17)9-7-12/h3-9,11,16,19H,2,10,18H2,1H3. The predicted octanol–water partition coefficient (Wildman–Crippen LogP) is 2.97. The fraction of sp³-hybridized carbons (Fsp3) is 0.250. The molecule has 106 valence electrons. The summed E-state index contributed by atoms with van der Waals surface area (Å²) < 4.78 is 18.4. The second-order valence-corrected chi connectivity index (χ2v) is 4.56. The van der Waals surface area contributed by atoms with Crippen LogP contribution in [0, 0.1) is 5.82 Å². The van der Waals surface area contributed by atoms with Crippen molar-refractivity contribution in [1.29, 1.82) is 0 Å². The lowest BCUT2D eigenvalue weighted by Crippen LogP contribution is -2.29. The van der Waals surface area contributed by atoms with Gasteiger partial charge in [-0.3, -0.25) is 11.3 Å². The average Bonchev–Trinajstić information content (AvgIpc) is 2.47. The fourth-order valence-electron chi connectivity index (χ4n) is 2.12. The number of ether oxygens (including phenoxy) is 1. The molecule has 3 nitrogen and oxygen atoms in total. The fourth-order valence-corrected chi connectivity index (χ4v) is 2.12. The summed E-state index contributed by atoms with van der Waals surface area (Å²) >= 11 is 0. The highest BCUT2D eigenvalue weighted by molar-refractivity contribution is 5.32. The van der Waals surface area contributed by atoms with Gasteiger partial charge in [0.05, 0.1) is 12.6 Å². The van der Waals surface area contributed by atoms with Crippen molar-refractivity contribution < 1.29 is 9.13 Å². The van der Waals surface area contributed by atoms with Crippen LogP contribution in [0.1, 0.15) is 24.1 Å². The maximum Gasteiger partial charge on any atom is 0.123 e. The third-order valence-corrected chi connectivity index (χ3v) is 3.13. The molecule has 0 saturated heterocycles.